The SMILES string of the molecule is [Al+3].[Al+3].[Cl][Cu][Cl].[O-2].[O-2].[O-2]. The van der Waals surface area contributed by atoms with Crippen LogP contribution in [0.25, 0.3) is 0 Å². The van der Waals surface area contributed by atoms with Gasteiger partial charge in [-0.2, -0.15) is 0 Å². The van der Waals surface area contributed by atoms with Gasteiger partial charge in [0, 0.05) is 0 Å². The molecule has 0 spiro atoms. The summed E-state index contributed by atoms with van der Waals surface area (Å²) in [7, 11) is 9.34. The maximum atomic E-state index is 4.67. The minimum atomic E-state index is 0. The van der Waals surface area contributed by atoms with E-state index in [-0.39, 0.29) is 51.2 Å². The third-order valence-electron chi connectivity index (χ3n) is 0. The molecule has 0 aliphatic heterocycles. The topological polar surface area (TPSA) is 85.5 Å². The van der Waals surface area contributed by atoms with Crippen molar-refractivity contribution in [1.29, 1.82) is 0 Å². The van der Waals surface area contributed by atoms with Crippen molar-refractivity contribution >= 4 is 54.9 Å². The summed E-state index contributed by atoms with van der Waals surface area (Å²) in [6, 6.07) is 0. The number of hydrogen-bond donors (Lipinski definition) is 0. The molecular weight excluding hydrogens is 236 g/mol. The van der Waals surface area contributed by atoms with Gasteiger partial charge in [-0.1, -0.05) is 0 Å². The average Bonchev–Trinajstić information content (AvgIpc) is 0.918. The van der Waals surface area contributed by atoms with E-state index in [0.717, 1.165) is 13.1 Å². The minimum absolute atomic E-state index is 0. The van der Waals surface area contributed by atoms with E-state index < -0.39 is 0 Å². The summed E-state index contributed by atoms with van der Waals surface area (Å²) >= 11 is 0.757. The molecule has 8 heavy (non-hydrogen) atoms. The van der Waals surface area contributed by atoms with Crippen molar-refractivity contribution < 1.29 is 29.6 Å². The summed E-state index contributed by atoms with van der Waals surface area (Å²) in [5, 5.41) is 0. The van der Waals surface area contributed by atoms with Crippen LogP contribution in [0, 0.1) is 0 Å². The van der Waals surface area contributed by atoms with E-state index in [4.69, 9.17) is 0 Å². The molecule has 0 aliphatic carbocycles. The number of halogens is 2. The quantitative estimate of drug-likeness (QED) is 0.540. The molecule has 3 nitrogen and oxygen atoms in total. The van der Waals surface area contributed by atoms with Gasteiger partial charge in [-0.15, -0.1) is 0 Å². The van der Waals surface area contributed by atoms with Crippen molar-refractivity contribution in [3.8, 4) is 0 Å². The molecule has 0 unspecified atom stereocenters. The van der Waals surface area contributed by atoms with Crippen molar-refractivity contribution in [2.75, 3.05) is 0 Å². The van der Waals surface area contributed by atoms with E-state index in [2.05, 4.69) is 20.2 Å². The molecule has 49 valence electrons. The zero-order chi connectivity index (χ0) is 2.71. The fourth-order valence-electron chi connectivity index (χ4n) is 0. The Balaban J connectivity index is -0.00000000200. The van der Waals surface area contributed by atoms with Crippen LogP contribution in [0.4, 0.5) is 0 Å². The molecule has 0 aromatic carbocycles. The predicted molar refractivity (Wildman–Crippen MR) is 25.3 cm³/mol. The molecule has 0 amide bonds. The Hall–Kier alpha value is 2.04. The largest absolute Gasteiger partial charge is 2.00 e. The van der Waals surface area contributed by atoms with Crippen LogP contribution < -0.4 is 0 Å². The summed E-state index contributed by atoms with van der Waals surface area (Å²) in [5.41, 5.74) is 0. The zero-order valence-corrected chi connectivity index (χ0v) is 8.20. The van der Waals surface area contributed by atoms with Crippen molar-refractivity contribution in [3.05, 3.63) is 0 Å². The third kappa shape index (κ3) is 95.5. The molecule has 0 rings (SSSR count). The van der Waals surface area contributed by atoms with E-state index in [1.807, 2.05) is 0 Å². The summed E-state index contributed by atoms with van der Waals surface area (Å²) in [6.45, 7) is 0. The van der Waals surface area contributed by atoms with E-state index in [9.17, 15) is 0 Å². The van der Waals surface area contributed by atoms with Crippen LogP contribution in [-0.2, 0) is 29.6 Å². The molecule has 0 fully saturated rings. The molecule has 0 aromatic heterocycles. The van der Waals surface area contributed by atoms with Crippen LogP contribution >= 0.6 is 20.2 Å². The van der Waals surface area contributed by atoms with Gasteiger partial charge in [0.15, 0.2) is 0 Å². The van der Waals surface area contributed by atoms with Gasteiger partial charge >= 0.3 is 68.1 Å². The standard InChI is InChI=1S/2Al.2ClH.Cu.3O/h;;2*1H;;;;/q2*+3;;;+2;3*-2/p-2. The van der Waals surface area contributed by atoms with Gasteiger partial charge in [0.2, 0.25) is 0 Å². The molecule has 0 heterocycles. The van der Waals surface area contributed by atoms with Crippen molar-refractivity contribution in [2.24, 2.45) is 0 Å². The Morgan fingerprint density at radius 3 is 0.750 bits per heavy atom. The Morgan fingerprint density at radius 1 is 0.750 bits per heavy atom. The van der Waals surface area contributed by atoms with Crippen molar-refractivity contribution in [1.82, 2.24) is 0 Å². The second-order valence-corrected chi connectivity index (χ2v) is 1.60. The first-order chi connectivity index (χ1) is 1.41. The molecule has 0 bridgehead atoms. The fraction of sp³-hybridized carbons (Fsp3) is 0. The van der Waals surface area contributed by atoms with E-state index in [1.165, 1.54) is 0 Å². The Bertz CT molecular complexity index is 15.2. The smallest absolute Gasteiger partial charge is 2.00 e. The minimum Gasteiger partial charge on any atom is -2.00 e. The maximum Gasteiger partial charge on any atom is -2.00 e. The van der Waals surface area contributed by atoms with Crippen LogP contribution in [0.15, 0.2) is 0 Å². The van der Waals surface area contributed by atoms with Gasteiger partial charge in [0.25, 0.3) is 0 Å². The first-order valence-corrected chi connectivity index (χ1v) is 2.82. The Morgan fingerprint density at radius 2 is 0.750 bits per heavy atom. The molecule has 0 aromatic rings. The third-order valence-corrected chi connectivity index (χ3v) is 0. The van der Waals surface area contributed by atoms with Crippen LogP contribution in [0.2, 0.25) is 0 Å². The van der Waals surface area contributed by atoms with Gasteiger partial charge in [-0.25, -0.2) is 0 Å². The van der Waals surface area contributed by atoms with Gasteiger partial charge in [-0.05, 0) is 0 Å². The van der Waals surface area contributed by atoms with Gasteiger partial charge in [0.05, 0.1) is 0 Å². The first-order valence-electron chi connectivity index (χ1n) is 0.228. The predicted octanol–water partition coefficient (Wildman–Crippen LogP) is 0.258. The summed E-state index contributed by atoms with van der Waals surface area (Å²) in [5.74, 6) is 0. The second-order valence-electron chi connectivity index (χ2n) is 0.0431. The van der Waals surface area contributed by atoms with Gasteiger partial charge in [0.1, 0.15) is 0 Å². The molecule has 0 aliphatic rings. The van der Waals surface area contributed by atoms with Crippen molar-refractivity contribution in [2.45, 2.75) is 0 Å². The van der Waals surface area contributed by atoms with Gasteiger partial charge < -0.3 is 16.4 Å². The van der Waals surface area contributed by atoms with Crippen LogP contribution in [-0.4, -0.2) is 34.7 Å². The Labute approximate surface area is 83.9 Å². The van der Waals surface area contributed by atoms with E-state index in [0.29, 0.717) is 0 Å². The Kier molecular flexibility index (Phi) is 397. The molecular formula is Al2Cl2CuO3. The number of hydrogen-bond acceptors (Lipinski definition) is 0. The summed E-state index contributed by atoms with van der Waals surface area (Å²) in [4.78, 5) is 0. The summed E-state index contributed by atoms with van der Waals surface area (Å²) in [6.07, 6.45) is 0. The molecule has 0 atom stereocenters. The number of rotatable bonds is 0. The fourth-order valence-corrected chi connectivity index (χ4v) is 0. The first kappa shape index (κ1) is 50.2. The monoisotopic (exact) mass is 235 g/mol. The van der Waals surface area contributed by atoms with Crippen molar-refractivity contribution in [3.63, 3.8) is 0 Å². The van der Waals surface area contributed by atoms with Gasteiger partial charge in [-0.3, -0.25) is 0 Å². The molecule has 0 saturated carbocycles. The van der Waals surface area contributed by atoms with Crippen LogP contribution in [0.3, 0.4) is 0 Å². The van der Waals surface area contributed by atoms with Crippen LogP contribution in [0.5, 0.6) is 0 Å². The zero-order valence-electron chi connectivity index (χ0n) is 3.44. The molecule has 8 heteroatoms. The average molecular weight is 236 g/mol. The van der Waals surface area contributed by atoms with Crippen LogP contribution in [0.1, 0.15) is 0 Å². The normalized spacial score (nSPS) is 2.75. The van der Waals surface area contributed by atoms with E-state index in [1.54, 1.807) is 0 Å². The summed E-state index contributed by atoms with van der Waals surface area (Å²) < 4.78 is 0. The molecule has 0 N–H and O–H groups in total. The second kappa shape index (κ2) is 63.1. The molecule has 0 saturated heterocycles. The maximum absolute atomic E-state index is 4.67. The van der Waals surface area contributed by atoms with E-state index >= 15 is 0 Å². The molecule has 0 radical (unpaired) electrons.